The Bertz CT molecular complexity index is 317. The normalized spacial score (nSPS) is 19.2. The number of nitrogens with two attached hydrogens (primary N) is 1. The maximum absolute atomic E-state index is 6.06. The summed E-state index contributed by atoms with van der Waals surface area (Å²) in [6, 6.07) is 3.78. The van der Waals surface area contributed by atoms with Gasteiger partial charge < -0.3 is 10.6 Å². The van der Waals surface area contributed by atoms with Crippen LogP contribution >= 0.6 is 11.6 Å². The molecular formula is C10H14ClN3. The van der Waals surface area contributed by atoms with Gasteiger partial charge in [0.15, 0.2) is 0 Å². The SMILES string of the molecule is CCC1(N)CN(c2ccc(Cl)cn2)C1. The Balaban J connectivity index is 2.03. The quantitative estimate of drug-likeness (QED) is 0.809. The molecule has 0 aromatic carbocycles. The summed E-state index contributed by atoms with van der Waals surface area (Å²) in [5.74, 6) is 0.962. The van der Waals surface area contributed by atoms with E-state index < -0.39 is 0 Å². The van der Waals surface area contributed by atoms with E-state index in [1.54, 1.807) is 6.20 Å². The highest BCUT2D eigenvalue weighted by molar-refractivity contribution is 6.30. The van der Waals surface area contributed by atoms with Crippen LogP contribution in [0.4, 0.5) is 5.82 Å². The van der Waals surface area contributed by atoms with E-state index in [1.807, 2.05) is 12.1 Å². The third-order valence-electron chi connectivity index (χ3n) is 2.75. The van der Waals surface area contributed by atoms with Gasteiger partial charge in [-0.25, -0.2) is 4.98 Å². The monoisotopic (exact) mass is 211 g/mol. The van der Waals surface area contributed by atoms with Gasteiger partial charge >= 0.3 is 0 Å². The zero-order valence-corrected chi connectivity index (χ0v) is 8.96. The summed E-state index contributed by atoms with van der Waals surface area (Å²) >= 11 is 5.76. The minimum atomic E-state index is -0.0126. The van der Waals surface area contributed by atoms with Crippen LogP contribution in [0.15, 0.2) is 18.3 Å². The number of hydrogen-bond acceptors (Lipinski definition) is 3. The first-order valence-electron chi connectivity index (χ1n) is 4.78. The molecule has 1 aromatic heterocycles. The molecule has 1 fully saturated rings. The van der Waals surface area contributed by atoms with Crippen molar-refractivity contribution < 1.29 is 0 Å². The van der Waals surface area contributed by atoms with Crippen LogP contribution in [-0.2, 0) is 0 Å². The Morgan fingerprint density at radius 1 is 1.57 bits per heavy atom. The zero-order valence-electron chi connectivity index (χ0n) is 8.20. The van der Waals surface area contributed by atoms with Gasteiger partial charge in [0.1, 0.15) is 5.82 Å². The van der Waals surface area contributed by atoms with Gasteiger partial charge in [-0.3, -0.25) is 0 Å². The molecule has 14 heavy (non-hydrogen) atoms. The molecule has 2 rings (SSSR count). The molecule has 0 amide bonds. The van der Waals surface area contributed by atoms with Crippen LogP contribution in [0.2, 0.25) is 5.02 Å². The van der Waals surface area contributed by atoms with Crippen molar-refractivity contribution in [2.75, 3.05) is 18.0 Å². The molecule has 76 valence electrons. The van der Waals surface area contributed by atoms with Crippen LogP contribution in [0.25, 0.3) is 0 Å². The van der Waals surface area contributed by atoms with Crippen molar-refractivity contribution >= 4 is 17.4 Å². The number of halogens is 1. The van der Waals surface area contributed by atoms with Gasteiger partial charge in [0, 0.05) is 19.3 Å². The summed E-state index contributed by atoms with van der Waals surface area (Å²) in [6.07, 6.45) is 2.68. The maximum Gasteiger partial charge on any atom is 0.128 e. The molecule has 0 atom stereocenters. The lowest BCUT2D eigenvalue weighted by atomic mass is 9.88. The Hall–Kier alpha value is -0.800. The number of hydrogen-bond donors (Lipinski definition) is 1. The minimum absolute atomic E-state index is 0.0126. The molecule has 4 heteroatoms. The Morgan fingerprint density at radius 3 is 2.79 bits per heavy atom. The predicted molar refractivity (Wildman–Crippen MR) is 58.7 cm³/mol. The van der Waals surface area contributed by atoms with E-state index in [4.69, 9.17) is 17.3 Å². The molecule has 2 N–H and O–H groups in total. The van der Waals surface area contributed by atoms with Crippen LogP contribution in [0, 0.1) is 0 Å². The number of aromatic nitrogens is 1. The largest absolute Gasteiger partial charge is 0.353 e. The molecular weight excluding hydrogens is 198 g/mol. The van der Waals surface area contributed by atoms with Crippen molar-refractivity contribution in [3.8, 4) is 0 Å². The number of anilines is 1. The number of rotatable bonds is 2. The first-order valence-corrected chi connectivity index (χ1v) is 5.16. The van der Waals surface area contributed by atoms with E-state index in [2.05, 4.69) is 16.8 Å². The van der Waals surface area contributed by atoms with Crippen LogP contribution < -0.4 is 10.6 Å². The fraction of sp³-hybridized carbons (Fsp3) is 0.500. The average Bonchev–Trinajstić information content (AvgIpc) is 2.15. The fourth-order valence-corrected chi connectivity index (χ4v) is 1.77. The van der Waals surface area contributed by atoms with E-state index in [-0.39, 0.29) is 5.54 Å². The van der Waals surface area contributed by atoms with Gasteiger partial charge in [0.2, 0.25) is 0 Å². The molecule has 0 spiro atoms. The lowest BCUT2D eigenvalue weighted by molar-refractivity contribution is 0.320. The summed E-state index contributed by atoms with van der Waals surface area (Å²) in [7, 11) is 0. The molecule has 3 nitrogen and oxygen atoms in total. The second-order valence-electron chi connectivity index (χ2n) is 3.91. The van der Waals surface area contributed by atoms with Gasteiger partial charge in [0.05, 0.1) is 10.6 Å². The summed E-state index contributed by atoms with van der Waals surface area (Å²) in [4.78, 5) is 6.41. The van der Waals surface area contributed by atoms with E-state index in [0.29, 0.717) is 5.02 Å². The predicted octanol–water partition coefficient (Wildman–Crippen LogP) is 1.66. The lowest BCUT2D eigenvalue weighted by Gasteiger charge is -2.48. The van der Waals surface area contributed by atoms with Crippen LogP contribution in [0.3, 0.4) is 0 Å². The van der Waals surface area contributed by atoms with Gasteiger partial charge in [-0.2, -0.15) is 0 Å². The molecule has 1 aliphatic heterocycles. The molecule has 1 aromatic rings. The summed E-state index contributed by atoms with van der Waals surface area (Å²) in [5.41, 5.74) is 6.05. The standard InChI is InChI=1S/C10H14ClN3/c1-2-10(12)6-14(7-10)9-4-3-8(11)5-13-9/h3-5H,2,6-7,12H2,1H3. The van der Waals surface area contributed by atoms with Crippen molar-refractivity contribution in [3.63, 3.8) is 0 Å². The third kappa shape index (κ3) is 1.70. The van der Waals surface area contributed by atoms with Crippen molar-refractivity contribution in [1.29, 1.82) is 0 Å². The Morgan fingerprint density at radius 2 is 2.29 bits per heavy atom. The maximum atomic E-state index is 6.06. The lowest BCUT2D eigenvalue weighted by Crippen LogP contribution is -2.67. The van der Waals surface area contributed by atoms with E-state index in [1.165, 1.54) is 0 Å². The first-order chi connectivity index (χ1) is 6.63. The molecule has 0 bridgehead atoms. The highest BCUT2D eigenvalue weighted by Gasteiger charge is 2.38. The third-order valence-corrected chi connectivity index (χ3v) is 2.97. The van der Waals surface area contributed by atoms with Gasteiger partial charge in [-0.1, -0.05) is 18.5 Å². The van der Waals surface area contributed by atoms with E-state index in [0.717, 1.165) is 25.3 Å². The molecule has 0 aliphatic carbocycles. The number of nitrogens with zero attached hydrogens (tertiary/aromatic N) is 2. The van der Waals surface area contributed by atoms with Crippen molar-refractivity contribution in [1.82, 2.24) is 4.98 Å². The molecule has 0 radical (unpaired) electrons. The molecule has 2 heterocycles. The highest BCUT2D eigenvalue weighted by Crippen LogP contribution is 2.26. The first kappa shape index (κ1) is 9.74. The molecule has 0 unspecified atom stereocenters. The zero-order chi connectivity index (χ0) is 10.2. The van der Waals surface area contributed by atoms with Crippen molar-refractivity contribution in [2.45, 2.75) is 18.9 Å². The molecule has 1 aliphatic rings. The highest BCUT2D eigenvalue weighted by atomic mass is 35.5. The van der Waals surface area contributed by atoms with E-state index >= 15 is 0 Å². The van der Waals surface area contributed by atoms with Gasteiger partial charge in [0.25, 0.3) is 0 Å². The topological polar surface area (TPSA) is 42.1 Å². The van der Waals surface area contributed by atoms with Gasteiger partial charge in [-0.05, 0) is 18.6 Å². The second kappa shape index (κ2) is 3.41. The van der Waals surface area contributed by atoms with Crippen LogP contribution in [0.5, 0.6) is 0 Å². The van der Waals surface area contributed by atoms with Crippen LogP contribution in [0.1, 0.15) is 13.3 Å². The molecule has 0 saturated carbocycles. The Kier molecular flexibility index (Phi) is 2.37. The van der Waals surface area contributed by atoms with Gasteiger partial charge in [-0.15, -0.1) is 0 Å². The number of pyridine rings is 1. The van der Waals surface area contributed by atoms with E-state index in [9.17, 15) is 0 Å². The minimum Gasteiger partial charge on any atom is -0.353 e. The summed E-state index contributed by atoms with van der Waals surface area (Å²) < 4.78 is 0. The second-order valence-corrected chi connectivity index (χ2v) is 4.34. The smallest absolute Gasteiger partial charge is 0.128 e. The van der Waals surface area contributed by atoms with Crippen molar-refractivity contribution in [2.24, 2.45) is 5.73 Å². The Labute approximate surface area is 88.9 Å². The molecule has 1 saturated heterocycles. The summed E-state index contributed by atoms with van der Waals surface area (Å²) in [6.45, 7) is 3.89. The fourth-order valence-electron chi connectivity index (χ4n) is 1.65. The average molecular weight is 212 g/mol. The summed E-state index contributed by atoms with van der Waals surface area (Å²) in [5, 5.41) is 0.670. The van der Waals surface area contributed by atoms with Crippen LogP contribution in [-0.4, -0.2) is 23.6 Å². The van der Waals surface area contributed by atoms with Crippen molar-refractivity contribution in [3.05, 3.63) is 23.4 Å².